The van der Waals surface area contributed by atoms with Crippen LogP contribution in [-0.4, -0.2) is 27.7 Å². The van der Waals surface area contributed by atoms with Gasteiger partial charge in [0, 0.05) is 18.2 Å². The zero-order chi connectivity index (χ0) is 14.8. The van der Waals surface area contributed by atoms with Gasteiger partial charge in [-0.3, -0.25) is 0 Å². The van der Waals surface area contributed by atoms with Crippen LogP contribution in [0.1, 0.15) is 38.3 Å². The Bertz CT molecular complexity index is 466. The van der Waals surface area contributed by atoms with Crippen molar-refractivity contribution >= 4 is 5.95 Å². The first-order chi connectivity index (χ1) is 9.31. The number of anilines is 1. The minimum absolute atomic E-state index is 0.0566. The average Bonchev–Trinajstić information content (AvgIpc) is 2.40. The summed E-state index contributed by atoms with van der Waals surface area (Å²) >= 11 is 0. The van der Waals surface area contributed by atoms with Crippen molar-refractivity contribution in [1.29, 1.82) is 0 Å². The first-order valence-corrected chi connectivity index (χ1v) is 6.63. The summed E-state index contributed by atoms with van der Waals surface area (Å²) in [6, 6.07) is 0.836. The summed E-state index contributed by atoms with van der Waals surface area (Å²) in [7, 11) is 0. The molecule has 4 nitrogen and oxygen atoms in total. The van der Waals surface area contributed by atoms with Gasteiger partial charge in [0.2, 0.25) is 5.95 Å². The van der Waals surface area contributed by atoms with Crippen molar-refractivity contribution in [2.45, 2.75) is 44.9 Å². The van der Waals surface area contributed by atoms with Crippen LogP contribution in [0, 0.1) is 5.41 Å². The summed E-state index contributed by atoms with van der Waals surface area (Å²) in [5.41, 5.74) is -1.32. The van der Waals surface area contributed by atoms with Gasteiger partial charge in [0.25, 0.3) is 0 Å². The third-order valence-electron chi connectivity index (χ3n) is 3.88. The number of aliphatic hydroxyl groups is 1. The van der Waals surface area contributed by atoms with Crippen LogP contribution in [0.25, 0.3) is 0 Å². The number of halogens is 3. The van der Waals surface area contributed by atoms with Crippen LogP contribution in [0.4, 0.5) is 19.1 Å². The van der Waals surface area contributed by atoms with E-state index in [1.807, 2.05) is 6.92 Å². The molecule has 1 fully saturated rings. The number of hydrogen-bond acceptors (Lipinski definition) is 4. The molecule has 1 saturated carbocycles. The SMILES string of the molecule is CC1(CNc2nccc(C(F)(F)F)n2)CCCCC1O. The molecule has 0 saturated heterocycles. The third kappa shape index (κ3) is 3.39. The maximum Gasteiger partial charge on any atom is 0.433 e. The van der Waals surface area contributed by atoms with Crippen LogP contribution in [0.2, 0.25) is 0 Å². The molecule has 0 aromatic carbocycles. The molecule has 1 aliphatic carbocycles. The second kappa shape index (κ2) is 5.55. The van der Waals surface area contributed by atoms with Crippen LogP contribution in [-0.2, 0) is 6.18 Å². The molecule has 0 aliphatic heterocycles. The molecule has 2 N–H and O–H groups in total. The molecule has 1 aromatic rings. The summed E-state index contributed by atoms with van der Waals surface area (Å²) in [4.78, 5) is 7.25. The number of aromatic nitrogens is 2. The quantitative estimate of drug-likeness (QED) is 0.898. The minimum Gasteiger partial charge on any atom is -0.392 e. The molecule has 0 amide bonds. The second-order valence-corrected chi connectivity index (χ2v) is 5.53. The Labute approximate surface area is 115 Å². The molecule has 2 unspecified atom stereocenters. The van der Waals surface area contributed by atoms with Crippen LogP contribution in [0.3, 0.4) is 0 Å². The molecule has 1 aromatic heterocycles. The van der Waals surface area contributed by atoms with Gasteiger partial charge in [-0.25, -0.2) is 9.97 Å². The number of aliphatic hydroxyl groups excluding tert-OH is 1. The van der Waals surface area contributed by atoms with Crippen molar-refractivity contribution < 1.29 is 18.3 Å². The Hall–Kier alpha value is -1.37. The van der Waals surface area contributed by atoms with Gasteiger partial charge in [-0.1, -0.05) is 19.8 Å². The lowest BCUT2D eigenvalue weighted by Gasteiger charge is -2.38. The van der Waals surface area contributed by atoms with Crippen LogP contribution in [0.15, 0.2) is 12.3 Å². The standard InChI is InChI=1S/C13H18F3N3O/c1-12(6-3-2-4-10(12)20)8-18-11-17-7-5-9(19-11)13(14,15)16/h5,7,10,20H,2-4,6,8H2,1H3,(H,17,18,19). The Balaban J connectivity index is 2.04. The third-order valence-corrected chi connectivity index (χ3v) is 3.88. The van der Waals surface area contributed by atoms with Crippen molar-refractivity contribution in [3.05, 3.63) is 18.0 Å². The van der Waals surface area contributed by atoms with Gasteiger partial charge in [0.15, 0.2) is 0 Å². The van der Waals surface area contributed by atoms with Crippen molar-refractivity contribution in [2.75, 3.05) is 11.9 Å². The highest BCUT2D eigenvalue weighted by atomic mass is 19.4. The number of nitrogens with one attached hydrogen (secondary N) is 1. The second-order valence-electron chi connectivity index (χ2n) is 5.53. The van der Waals surface area contributed by atoms with E-state index in [2.05, 4.69) is 15.3 Å². The van der Waals surface area contributed by atoms with Gasteiger partial charge >= 0.3 is 6.18 Å². The molecular formula is C13H18F3N3O. The molecular weight excluding hydrogens is 271 g/mol. The fourth-order valence-corrected chi connectivity index (χ4v) is 2.47. The van der Waals surface area contributed by atoms with E-state index in [9.17, 15) is 18.3 Å². The fraction of sp³-hybridized carbons (Fsp3) is 0.692. The normalized spacial score (nSPS) is 27.4. The summed E-state index contributed by atoms with van der Waals surface area (Å²) in [6.07, 6.45) is -0.294. The summed E-state index contributed by atoms with van der Waals surface area (Å²) in [6.45, 7) is 2.28. The largest absolute Gasteiger partial charge is 0.433 e. The van der Waals surface area contributed by atoms with Gasteiger partial charge < -0.3 is 10.4 Å². The molecule has 2 atom stereocenters. The van der Waals surface area contributed by atoms with Crippen molar-refractivity contribution in [3.8, 4) is 0 Å². The number of hydrogen-bond donors (Lipinski definition) is 2. The van der Waals surface area contributed by atoms with Gasteiger partial charge in [0.05, 0.1) is 6.10 Å². The van der Waals surface area contributed by atoms with E-state index in [1.54, 1.807) is 0 Å². The number of alkyl halides is 3. The van der Waals surface area contributed by atoms with Gasteiger partial charge in [-0.05, 0) is 18.9 Å². The minimum atomic E-state index is -4.48. The highest BCUT2D eigenvalue weighted by molar-refractivity contribution is 5.26. The Morgan fingerprint density at radius 3 is 2.85 bits per heavy atom. The first-order valence-electron chi connectivity index (χ1n) is 6.63. The Morgan fingerprint density at radius 1 is 1.45 bits per heavy atom. The lowest BCUT2D eigenvalue weighted by molar-refractivity contribution is -0.141. The van der Waals surface area contributed by atoms with Gasteiger partial charge in [0.1, 0.15) is 5.69 Å². The topological polar surface area (TPSA) is 58.0 Å². The molecule has 0 radical (unpaired) electrons. The zero-order valence-corrected chi connectivity index (χ0v) is 11.2. The predicted octanol–water partition coefficient (Wildman–Crippen LogP) is 2.85. The van der Waals surface area contributed by atoms with E-state index >= 15 is 0 Å². The number of nitrogens with zero attached hydrogens (tertiary/aromatic N) is 2. The van der Waals surface area contributed by atoms with Gasteiger partial charge in [-0.15, -0.1) is 0 Å². The highest BCUT2D eigenvalue weighted by Crippen LogP contribution is 2.36. The molecule has 1 heterocycles. The Morgan fingerprint density at radius 2 is 2.20 bits per heavy atom. The monoisotopic (exact) mass is 289 g/mol. The molecule has 112 valence electrons. The maximum absolute atomic E-state index is 12.5. The highest BCUT2D eigenvalue weighted by Gasteiger charge is 2.36. The van der Waals surface area contributed by atoms with Crippen LogP contribution in [0.5, 0.6) is 0 Å². The first kappa shape index (κ1) is 15.0. The zero-order valence-electron chi connectivity index (χ0n) is 11.2. The lowest BCUT2D eigenvalue weighted by atomic mass is 9.73. The molecule has 0 spiro atoms. The summed E-state index contributed by atoms with van der Waals surface area (Å²) in [5.74, 6) is -0.0566. The average molecular weight is 289 g/mol. The van der Waals surface area contributed by atoms with E-state index in [-0.39, 0.29) is 11.4 Å². The summed E-state index contributed by atoms with van der Waals surface area (Å²) < 4.78 is 37.6. The van der Waals surface area contributed by atoms with E-state index < -0.39 is 18.0 Å². The van der Waals surface area contributed by atoms with Crippen molar-refractivity contribution in [3.63, 3.8) is 0 Å². The molecule has 2 rings (SSSR count). The smallest absolute Gasteiger partial charge is 0.392 e. The molecule has 20 heavy (non-hydrogen) atoms. The maximum atomic E-state index is 12.5. The van der Waals surface area contributed by atoms with E-state index in [1.165, 1.54) is 0 Å². The predicted molar refractivity (Wildman–Crippen MR) is 68.1 cm³/mol. The van der Waals surface area contributed by atoms with Crippen molar-refractivity contribution in [2.24, 2.45) is 5.41 Å². The molecule has 1 aliphatic rings. The lowest BCUT2D eigenvalue weighted by Crippen LogP contribution is -2.41. The van der Waals surface area contributed by atoms with Crippen molar-refractivity contribution in [1.82, 2.24) is 9.97 Å². The van der Waals surface area contributed by atoms with E-state index in [4.69, 9.17) is 0 Å². The molecule has 7 heteroatoms. The van der Waals surface area contributed by atoms with E-state index in [0.717, 1.165) is 37.9 Å². The summed E-state index contributed by atoms with van der Waals surface area (Å²) in [5, 5.41) is 12.8. The molecule has 0 bridgehead atoms. The Kier molecular flexibility index (Phi) is 4.17. The van der Waals surface area contributed by atoms with Crippen LogP contribution >= 0.6 is 0 Å². The number of rotatable bonds is 3. The van der Waals surface area contributed by atoms with Gasteiger partial charge in [-0.2, -0.15) is 13.2 Å². The van der Waals surface area contributed by atoms with Crippen LogP contribution < -0.4 is 5.32 Å². The van der Waals surface area contributed by atoms with E-state index in [0.29, 0.717) is 6.54 Å². The fourth-order valence-electron chi connectivity index (χ4n) is 2.47.